The van der Waals surface area contributed by atoms with Crippen LogP contribution in [0.4, 0.5) is 0 Å². The predicted octanol–water partition coefficient (Wildman–Crippen LogP) is 7.85. The first-order valence-electron chi connectivity index (χ1n) is 18.4. The Morgan fingerprint density at radius 1 is 0.760 bits per heavy atom. The van der Waals surface area contributed by atoms with E-state index in [1.165, 1.54) is 0 Å². The zero-order valence-electron chi connectivity index (χ0n) is 33.8. The molecule has 0 heterocycles. The van der Waals surface area contributed by atoms with Crippen LogP contribution in [0.25, 0.3) is 0 Å². The highest BCUT2D eigenvalue weighted by molar-refractivity contribution is 6.74. The lowest BCUT2D eigenvalue weighted by Gasteiger charge is -2.38. The summed E-state index contributed by atoms with van der Waals surface area (Å²) in [5, 5.41) is 11.3. The summed E-state index contributed by atoms with van der Waals surface area (Å²) in [6.45, 7) is 19.9. The molecule has 0 saturated heterocycles. The van der Waals surface area contributed by atoms with Crippen LogP contribution in [0.1, 0.15) is 85.6 Å². The van der Waals surface area contributed by atoms with Gasteiger partial charge in [0.25, 0.3) is 0 Å². The van der Waals surface area contributed by atoms with Crippen LogP contribution in [0.3, 0.4) is 0 Å². The molecule has 0 radical (unpaired) electrons. The molecule has 8 atom stereocenters. The SMILES string of the molecule is COCO[C@@H]([C@H](C)[C@@H](CCO[Si](C)(C)C(C)(C)C)OCOC)[C@H](C)CC[C@H](OC)C(O)CC[C@@H](C)C[C@H](COCc1ccc(OC)cc1)OC. The second kappa shape index (κ2) is 25.0. The Balaban J connectivity index is 2.70. The van der Waals surface area contributed by atoms with E-state index >= 15 is 0 Å². The lowest BCUT2D eigenvalue weighted by Crippen LogP contribution is -2.43. The third-order valence-corrected chi connectivity index (χ3v) is 15.0. The summed E-state index contributed by atoms with van der Waals surface area (Å²) in [7, 11) is 6.47. The van der Waals surface area contributed by atoms with Crippen LogP contribution < -0.4 is 4.74 Å². The number of ether oxygens (including phenoxy) is 8. The van der Waals surface area contributed by atoms with E-state index in [0.29, 0.717) is 38.6 Å². The third-order valence-electron chi connectivity index (χ3n) is 10.4. The van der Waals surface area contributed by atoms with E-state index in [1.807, 2.05) is 24.3 Å². The highest BCUT2D eigenvalue weighted by Crippen LogP contribution is 2.37. The van der Waals surface area contributed by atoms with E-state index < -0.39 is 14.4 Å². The van der Waals surface area contributed by atoms with Crippen LogP contribution in [0.15, 0.2) is 24.3 Å². The summed E-state index contributed by atoms with van der Waals surface area (Å²) < 4.78 is 52.3. The predicted molar refractivity (Wildman–Crippen MR) is 202 cm³/mol. The van der Waals surface area contributed by atoms with Gasteiger partial charge in [-0.15, -0.1) is 0 Å². The van der Waals surface area contributed by atoms with Crippen molar-refractivity contribution in [3.05, 3.63) is 29.8 Å². The van der Waals surface area contributed by atoms with Crippen molar-refractivity contribution in [2.75, 3.05) is 62.3 Å². The van der Waals surface area contributed by atoms with Crippen molar-refractivity contribution in [2.45, 2.75) is 135 Å². The largest absolute Gasteiger partial charge is 0.497 e. The fourth-order valence-corrected chi connectivity index (χ4v) is 7.08. The summed E-state index contributed by atoms with van der Waals surface area (Å²) in [5.41, 5.74) is 1.09. The highest BCUT2D eigenvalue weighted by Gasteiger charge is 2.38. The zero-order valence-corrected chi connectivity index (χ0v) is 34.8. The second-order valence-corrected chi connectivity index (χ2v) is 20.3. The Kier molecular flexibility index (Phi) is 23.4. The fourth-order valence-electron chi connectivity index (χ4n) is 6.02. The van der Waals surface area contributed by atoms with E-state index in [-0.39, 0.29) is 54.9 Å². The van der Waals surface area contributed by atoms with Gasteiger partial charge in [0.2, 0.25) is 0 Å². The molecule has 0 fully saturated rings. The Hall–Kier alpha value is -1.12. The molecule has 1 unspecified atom stereocenters. The lowest BCUT2D eigenvalue weighted by molar-refractivity contribution is -0.156. The van der Waals surface area contributed by atoms with Crippen molar-refractivity contribution >= 4 is 8.32 Å². The van der Waals surface area contributed by atoms with Crippen LogP contribution in [0, 0.1) is 17.8 Å². The molecule has 0 aliphatic heterocycles. The number of hydrogen-bond acceptors (Lipinski definition) is 10. The van der Waals surface area contributed by atoms with Crippen molar-refractivity contribution < 1.29 is 47.4 Å². The summed E-state index contributed by atoms with van der Waals surface area (Å²) in [4.78, 5) is 0. The molecule has 0 saturated carbocycles. The van der Waals surface area contributed by atoms with E-state index in [4.69, 9.17) is 42.3 Å². The second-order valence-electron chi connectivity index (χ2n) is 15.4. The standard InChI is InChI=1S/C39H74O10Si/c1-29(24-34(44-10)26-46-25-32-16-18-33(43-9)19-17-32)14-20-35(40)37(45-11)21-15-30(2)38(48-28-42-8)31(3)36(47-27-41-7)22-23-49-50(12,13)39(4,5)6/h16-19,29-31,34-38,40H,14-15,20-28H2,1-13H3/t29-,30-,31-,34-,35?,36-,37+,38-/m1/s1. The molecular weight excluding hydrogens is 657 g/mol. The third kappa shape index (κ3) is 17.6. The maximum atomic E-state index is 11.2. The van der Waals surface area contributed by atoms with Gasteiger partial charge in [-0.2, -0.15) is 0 Å². The average Bonchev–Trinajstić information content (AvgIpc) is 3.08. The van der Waals surface area contributed by atoms with Gasteiger partial charge in [0.15, 0.2) is 8.32 Å². The van der Waals surface area contributed by atoms with Crippen molar-refractivity contribution in [3.63, 3.8) is 0 Å². The Morgan fingerprint density at radius 2 is 1.40 bits per heavy atom. The maximum Gasteiger partial charge on any atom is 0.191 e. The van der Waals surface area contributed by atoms with Crippen molar-refractivity contribution in [1.29, 1.82) is 0 Å². The van der Waals surface area contributed by atoms with Gasteiger partial charge in [-0.3, -0.25) is 0 Å². The van der Waals surface area contributed by atoms with Gasteiger partial charge >= 0.3 is 0 Å². The number of rotatable bonds is 29. The molecule has 1 rings (SSSR count). The minimum absolute atomic E-state index is 0.0131. The smallest absolute Gasteiger partial charge is 0.191 e. The van der Waals surface area contributed by atoms with E-state index in [9.17, 15) is 5.11 Å². The average molecular weight is 731 g/mol. The Bertz CT molecular complexity index is 973. The molecule has 50 heavy (non-hydrogen) atoms. The molecule has 1 aromatic rings. The molecular formula is C39H74O10Si. The molecule has 0 aromatic heterocycles. The van der Waals surface area contributed by atoms with E-state index in [0.717, 1.165) is 37.0 Å². The summed E-state index contributed by atoms with van der Waals surface area (Å²) >= 11 is 0. The highest BCUT2D eigenvalue weighted by atomic mass is 28.4. The first kappa shape index (κ1) is 46.9. The summed E-state index contributed by atoms with van der Waals surface area (Å²) in [5.74, 6) is 1.40. The van der Waals surface area contributed by atoms with Gasteiger partial charge in [0.05, 0.1) is 50.8 Å². The van der Waals surface area contributed by atoms with Crippen LogP contribution in [-0.2, 0) is 44.2 Å². The molecule has 1 aromatic carbocycles. The zero-order chi connectivity index (χ0) is 37.7. The topological polar surface area (TPSA) is 103 Å². The molecule has 10 nitrogen and oxygen atoms in total. The molecule has 0 aliphatic carbocycles. The molecule has 294 valence electrons. The van der Waals surface area contributed by atoms with Crippen molar-refractivity contribution in [2.24, 2.45) is 17.8 Å². The normalized spacial score (nSPS) is 17.5. The molecule has 0 bridgehead atoms. The Morgan fingerprint density at radius 3 is 1.96 bits per heavy atom. The molecule has 0 amide bonds. The van der Waals surface area contributed by atoms with Crippen LogP contribution in [0.2, 0.25) is 18.1 Å². The first-order valence-corrected chi connectivity index (χ1v) is 21.3. The van der Waals surface area contributed by atoms with Gasteiger partial charge in [0.1, 0.15) is 19.3 Å². The maximum absolute atomic E-state index is 11.2. The Labute approximate surface area is 306 Å². The number of hydrogen-bond donors (Lipinski definition) is 1. The van der Waals surface area contributed by atoms with Gasteiger partial charge in [-0.05, 0) is 86.2 Å². The number of aliphatic hydroxyl groups is 1. The lowest BCUT2D eigenvalue weighted by atomic mass is 9.84. The minimum atomic E-state index is -1.88. The molecule has 1 N–H and O–H groups in total. The van der Waals surface area contributed by atoms with Gasteiger partial charge < -0.3 is 47.4 Å². The summed E-state index contributed by atoms with van der Waals surface area (Å²) in [6, 6.07) is 7.88. The van der Waals surface area contributed by atoms with Crippen LogP contribution >= 0.6 is 0 Å². The monoisotopic (exact) mass is 731 g/mol. The molecule has 11 heteroatoms. The van der Waals surface area contributed by atoms with Crippen LogP contribution in [0.5, 0.6) is 5.75 Å². The fraction of sp³-hybridized carbons (Fsp3) is 0.846. The van der Waals surface area contributed by atoms with Crippen molar-refractivity contribution in [1.82, 2.24) is 0 Å². The summed E-state index contributed by atoms with van der Waals surface area (Å²) in [6.07, 6.45) is 3.55. The van der Waals surface area contributed by atoms with Gasteiger partial charge in [-0.1, -0.05) is 53.7 Å². The first-order chi connectivity index (χ1) is 23.6. The molecule has 0 spiro atoms. The number of aliphatic hydroxyl groups excluding tert-OH is 1. The van der Waals surface area contributed by atoms with E-state index in [2.05, 4.69) is 54.6 Å². The molecule has 0 aliphatic rings. The quantitative estimate of drug-likeness (QED) is 0.0648. The number of methoxy groups -OCH3 is 5. The van der Waals surface area contributed by atoms with E-state index in [1.54, 1.807) is 35.5 Å². The van der Waals surface area contributed by atoms with Gasteiger partial charge in [-0.25, -0.2) is 0 Å². The van der Waals surface area contributed by atoms with Crippen molar-refractivity contribution in [3.8, 4) is 5.75 Å². The van der Waals surface area contributed by atoms with Crippen LogP contribution in [-0.4, -0.2) is 106 Å². The van der Waals surface area contributed by atoms with Gasteiger partial charge in [0, 0.05) is 41.0 Å². The number of benzene rings is 1. The minimum Gasteiger partial charge on any atom is -0.497 e.